The van der Waals surface area contributed by atoms with Gasteiger partial charge in [-0.2, -0.15) is 0 Å². The molecular weight excluding hydrogens is 320 g/mol. The molecule has 6 heteroatoms. The molecule has 0 aliphatic carbocycles. The van der Waals surface area contributed by atoms with Crippen LogP contribution in [0.1, 0.15) is 17.3 Å². The maximum absolute atomic E-state index is 11.7. The smallest absolute Gasteiger partial charge is 0.336 e. The SMILES string of the molecule is COc1ccccc1-c1cc(C(=O)O)c2ccc(NC(C)=O)cc2n1. The summed E-state index contributed by atoms with van der Waals surface area (Å²) in [4.78, 5) is 27.5. The van der Waals surface area contributed by atoms with Crippen LogP contribution in [0.15, 0.2) is 48.5 Å². The summed E-state index contributed by atoms with van der Waals surface area (Å²) in [6.07, 6.45) is 0. The van der Waals surface area contributed by atoms with Crippen molar-refractivity contribution in [3.63, 3.8) is 0 Å². The molecule has 0 unspecified atom stereocenters. The first-order valence-corrected chi connectivity index (χ1v) is 7.58. The van der Waals surface area contributed by atoms with Gasteiger partial charge in [0, 0.05) is 23.6 Å². The number of nitrogens with one attached hydrogen (secondary N) is 1. The average Bonchev–Trinajstić information content (AvgIpc) is 2.59. The van der Waals surface area contributed by atoms with Crippen molar-refractivity contribution < 1.29 is 19.4 Å². The van der Waals surface area contributed by atoms with Gasteiger partial charge in [0.25, 0.3) is 0 Å². The van der Waals surface area contributed by atoms with E-state index >= 15 is 0 Å². The van der Waals surface area contributed by atoms with Gasteiger partial charge in [-0.1, -0.05) is 12.1 Å². The van der Waals surface area contributed by atoms with Crippen LogP contribution in [0.2, 0.25) is 0 Å². The van der Waals surface area contributed by atoms with Crippen molar-refractivity contribution in [2.45, 2.75) is 6.92 Å². The molecule has 2 N–H and O–H groups in total. The number of pyridine rings is 1. The number of anilines is 1. The zero-order valence-electron chi connectivity index (χ0n) is 13.7. The van der Waals surface area contributed by atoms with E-state index in [2.05, 4.69) is 10.3 Å². The number of carbonyl (C=O) groups excluding carboxylic acids is 1. The second-order valence-corrected chi connectivity index (χ2v) is 5.47. The van der Waals surface area contributed by atoms with Crippen LogP contribution < -0.4 is 10.1 Å². The molecule has 3 aromatic rings. The van der Waals surface area contributed by atoms with Crippen molar-refractivity contribution in [2.24, 2.45) is 0 Å². The summed E-state index contributed by atoms with van der Waals surface area (Å²) in [6, 6.07) is 13.7. The van der Waals surface area contributed by atoms with Gasteiger partial charge >= 0.3 is 5.97 Å². The molecule has 1 heterocycles. The minimum absolute atomic E-state index is 0.139. The number of hydrogen-bond acceptors (Lipinski definition) is 4. The summed E-state index contributed by atoms with van der Waals surface area (Å²) < 4.78 is 5.34. The molecule has 126 valence electrons. The number of fused-ring (bicyclic) bond motifs is 1. The number of methoxy groups -OCH3 is 1. The van der Waals surface area contributed by atoms with Crippen molar-refractivity contribution >= 4 is 28.5 Å². The van der Waals surface area contributed by atoms with E-state index in [4.69, 9.17) is 4.74 Å². The Balaban J connectivity index is 2.26. The van der Waals surface area contributed by atoms with E-state index in [1.54, 1.807) is 31.4 Å². The number of hydrogen-bond donors (Lipinski definition) is 2. The summed E-state index contributed by atoms with van der Waals surface area (Å²) in [5.74, 6) is -0.654. The van der Waals surface area contributed by atoms with Crippen molar-refractivity contribution in [2.75, 3.05) is 12.4 Å². The number of carboxylic acids is 1. The summed E-state index contributed by atoms with van der Waals surface area (Å²) in [6.45, 7) is 1.41. The number of ether oxygens (including phenoxy) is 1. The highest BCUT2D eigenvalue weighted by atomic mass is 16.5. The van der Waals surface area contributed by atoms with Crippen LogP contribution in [-0.4, -0.2) is 29.1 Å². The Morgan fingerprint density at radius 3 is 2.56 bits per heavy atom. The third kappa shape index (κ3) is 3.28. The maximum atomic E-state index is 11.7. The number of para-hydroxylation sites is 1. The molecule has 0 atom stereocenters. The van der Waals surface area contributed by atoms with Crippen LogP contribution in [0.4, 0.5) is 5.69 Å². The Kier molecular flexibility index (Phi) is 4.35. The standard InChI is InChI=1S/C19H16N2O4/c1-11(22)20-12-7-8-13-15(19(23)24)10-17(21-16(13)9-12)14-5-3-4-6-18(14)25-2/h3-10H,1-2H3,(H,20,22)(H,23,24). The van der Waals surface area contributed by atoms with Gasteiger partial charge in [-0.25, -0.2) is 9.78 Å². The molecule has 1 amide bonds. The van der Waals surface area contributed by atoms with Crippen molar-refractivity contribution in [3.05, 3.63) is 54.1 Å². The number of benzene rings is 2. The summed E-state index contributed by atoms with van der Waals surface area (Å²) in [5.41, 5.74) is 2.36. The zero-order chi connectivity index (χ0) is 18.0. The fourth-order valence-corrected chi connectivity index (χ4v) is 2.68. The molecule has 3 rings (SSSR count). The molecule has 0 radical (unpaired) electrons. The van der Waals surface area contributed by atoms with E-state index in [9.17, 15) is 14.7 Å². The Morgan fingerprint density at radius 2 is 1.88 bits per heavy atom. The number of aromatic nitrogens is 1. The first-order valence-electron chi connectivity index (χ1n) is 7.58. The second kappa shape index (κ2) is 6.60. The Labute approximate surface area is 144 Å². The minimum Gasteiger partial charge on any atom is -0.496 e. The van der Waals surface area contributed by atoms with Crippen molar-refractivity contribution in [3.8, 4) is 17.0 Å². The molecule has 0 saturated carbocycles. The first kappa shape index (κ1) is 16.4. The average molecular weight is 336 g/mol. The van der Waals surface area contributed by atoms with Crippen LogP contribution in [0, 0.1) is 0 Å². The normalized spacial score (nSPS) is 10.5. The van der Waals surface area contributed by atoms with E-state index in [1.165, 1.54) is 13.0 Å². The van der Waals surface area contributed by atoms with Crippen LogP contribution in [0.3, 0.4) is 0 Å². The molecule has 0 fully saturated rings. The van der Waals surface area contributed by atoms with Gasteiger partial charge in [0.2, 0.25) is 5.91 Å². The summed E-state index contributed by atoms with van der Waals surface area (Å²) >= 11 is 0. The molecule has 0 saturated heterocycles. The first-order chi connectivity index (χ1) is 12.0. The minimum atomic E-state index is -1.05. The summed E-state index contributed by atoms with van der Waals surface area (Å²) in [7, 11) is 1.55. The van der Waals surface area contributed by atoms with Gasteiger partial charge in [0.05, 0.1) is 23.9 Å². The van der Waals surface area contributed by atoms with E-state index in [1.807, 2.05) is 18.2 Å². The van der Waals surface area contributed by atoms with Crippen LogP contribution in [-0.2, 0) is 4.79 Å². The third-order valence-corrected chi connectivity index (χ3v) is 3.74. The number of rotatable bonds is 4. The van der Waals surface area contributed by atoms with Crippen molar-refractivity contribution in [1.29, 1.82) is 0 Å². The predicted octanol–water partition coefficient (Wildman–Crippen LogP) is 3.57. The molecular formula is C19H16N2O4. The maximum Gasteiger partial charge on any atom is 0.336 e. The number of aromatic carboxylic acids is 1. The van der Waals surface area contributed by atoms with Gasteiger partial charge in [-0.05, 0) is 36.4 Å². The lowest BCUT2D eigenvalue weighted by molar-refractivity contribution is -0.114. The number of carboxylic acid groups (broad SMARTS) is 1. The molecule has 2 aromatic carbocycles. The second-order valence-electron chi connectivity index (χ2n) is 5.47. The van der Waals surface area contributed by atoms with E-state index in [-0.39, 0.29) is 11.5 Å². The topological polar surface area (TPSA) is 88.5 Å². The monoisotopic (exact) mass is 336 g/mol. The van der Waals surface area contributed by atoms with Crippen LogP contribution in [0.25, 0.3) is 22.2 Å². The molecule has 0 aliphatic rings. The van der Waals surface area contributed by atoms with Crippen molar-refractivity contribution in [1.82, 2.24) is 4.98 Å². The third-order valence-electron chi connectivity index (χ3n) is 3.74. The van der Waals surface area contributed by atoms with Gasteiger partial charge in [-0.15, -0.1) is 0 Å². The van der Waals surface area contributed by atoms with Gasteiger partial charge < -0.3 is 15.2 Å². The molecule has 0 bridgehead atoms. The highest BCUT2D eigenvalue weighted by molar-refractivity contribution is 6.05. The van der Waals surface area contributed by atoms with E-state index in [0.717, 1.165) is 0 Å². The Morgan fingerprint density at radius 1 is 1.12 bits per heavy atom. The highest BCUT2D eigenvalue weighted by Gasteiger charge is 2.15. The number of carbonyl (C=O) groups is 2. The van der Waals surface area contributed by atoms with Gasteiger partial charge in [-0.3, -0.25) is 4.79 Å². The van der Waals surface area contributed by atoms with E-state index in [0.29, 0.717) is 33.6 Å². The lowest BCUT2D eigenvalue weighted by Crippen LogP contribution is -2.06. The molecule has 0 aliphatic heterocycles. The fourth-order valence-electron chi connectivity index (χ4n) is 2.68. The number of amides is 1. The Hall–Kier alpha value is -3.41. The Bertz CT molecular complexity index is 982. The highest BCUT2D eigenvalue weighted by Crippen LogP contribution is 2.32. The largest absolute Gasteiger partial charge is 0.496 e. The zero-order valence-corrected chi connectivity index (χ0v) is 13.7. The predicted molar refractivity (Wildman–Crippen MR) is 95.0 cm³/mol. The molecule has 0 spiro atoms. The summed E-state index contributed by atoms with van der Waals surface area (Å²) in [5, 5.41) is 12.7. The lowest BCUT2D eigenvalue weighted by atomic mass is 10.0. The number of nitrogens with zero attached hydrogens (tertiary/aromatic N) is 1. The van der Waals surface area contributed by atoms with Crippen LogP contribution >= 0.6 is 0 Å². The van der Waals surface area contributed by atoms with Gasteiger partial charge in [0.15, 0.2) is 0 Å². The van der Waals surface area contributed by atoms with Crippen LogP contribution in [0.5, 0.6) is 5.75 Å². The fraction of sp³-hybridized carbons (Fsp3) is 0.105. The molecule has 6 nitrogen and oxygen atoms in total. The molecule has 25 heavy (non-hydrogen) atoms. The van der Waals surface area contributed by atoms with Gasteiger partial charge in [0.1, 0.15) is 5.75 Å². The molecule has 1 aromatic heterocycles. The lowest BCUT2D eigenvalue weighted by Gasteiger charge is -2.11. The van der Waals surface area contributed by atoms with E-state index < -0.39 is 5.97 Å². The quantitative estimate of drug-likeness (QED) is 0.760.